The Labute approximate surface area is 80.8 Å². The molecule has 0 radical (unpaired) electrons. The quantitative estimate of drug-likeness (QED) is 0.463. The molecular formula is C10H21NO2. The third kappa shape index (κ3) is 1.60. The van der Waals surface area contributed by atoms with Crippen molar-refractivity contribution in [2.45, 2.75) is 38.8 Å². The van der Waals surface area contributed by atoms with E-state index in [0.717, 1.165) is 6.42 Å². The number of methoxy groups -OCH3 is 1. The second kappa shape index (κ2) is 3.23. The van der Waals surface area contributed by atoms with Gasteiger partial charge in [-0.25, -0.2) is 0 Å². The molecule has 1 heterocycles. The lowest BCUT2D eigenvalue weighted by Gasteiger charge is -2.58. The molecule has 0 aromatic carbocycles. The van der Waals surface area contributed by atoms with Crippen LogP contribution in [0.1, 0.15) is 27.2 Å². The first-order valence-electron chi connectivity index (χ1n) is 4.92. The fraction of sp³-hybridized carbons (Fsp3) is 1.00. The predicted molar refractivity (Wildman–Crippen MR) is 53.1 cm³/mol. The van der Waals surface area contributed by atoms with Gasteiger partial charge in [0, 0.05) is 19.4 Å². The molecule has 0 saturated carbocycles. The largest absolute Gasteiger partial charge is 0.633 e. The Morgan fingerprint density at radius 2 is 2.00 bits per heavy atom. The zero-order valence-electron chi connectivity index (χ0n) is 9.33. The van der Waals surface area contributed by atoms with Gasteiger partial charge >= 0.3 is 0 Å². The maximum absolute atomic E-state index is 12.1. The van der Waals surface area contributed by atoms with Crippen molar-refractivity contribution in [1.29, 1.82) is 0 Å². The lowest BCUT2D eigenvalue weighted by Crippen LogP contribution is -2.65. The SMILES string of the molecule is COC1CC[N+](C)([O-])C(C)(C)C1C. The summed E-state index contributed by atoms with van der Waals surface area (Å²) in [5.74, 6) is 0.314. The molecule has 0 aliphatic carbocycles. The van der Waals surface area contributed by atoms with Crippen molar-refractivity contribution in [3.8, 4) is 0 Å². The zero-order chi connectivity index (χ0) is 10.3. The van der Waals surface area contributed by atoms with Gasteiger partial charge < -0.3 is 14.6 Å². The second-order valence-electron chi connectivity index (χ2n) is 4.83. The van der Waals surface area contributed by atoms with Crippen LogP contribution >= 0.6 is 0 Å². The van der Waals surface area contributed by atoms with Gasteiger partial charge in [0.2, 0.25) is 0 Å². The minimum absolute atomic E-state index is 0.145. The van der Waals surface area contributed by atoms with Crippen LogP contribution in [-0.2, 0) is 4.74 Å². The summed E-state index contributed by atoms with van der Waals surface area (Å²) < 4.78 is 5.24. The average Bonchev–Trinajstić information content (AvgIpc) is 2.02. The van der Waals surface area contributed by atoms with Gasteiger partial charge in [0.05, 0.1) is 25.2 Å². The van der Waals surface area contributed by atoms with E-state index in [1.165, 1.54) is 0 Å². The summed E-state index contributed by atoms with van der Waals surface area (Å²) in [5.41, 5.74) is -0.237. The highest BCUT2D eigenvalue weighted by Gasteiger charge is 2.46. The number of likely N-dealkylation sites (tertiary alicyclic amines) is 1. The van der Waals surface area contributed by atoms with Gasteiger partial charge in [-0.2, -0.15) is 0 Å². The van der Waals surface area contributed by atoms with E-state index in [9.17, 15) is 5.21 Å². The molecule has 3 nitrogen and oxygen atoms in total. The minimum Gasteiger partial charge on any atom is -0.633 e. The summed E-state index contributed by atoms with van der Waals surface area (Å²) in [6.45, 7) is 6.85. The van der Waals surface area contributed by atoms with Gasteiger partial charge in [-0.1, -0.05) is 6.92 Å². The first kappa shape index (κ1) is 11.0. The van der Waals surface area contributed by atoms with Gasteiger partial charge in [0.15, 0.2) is 0 Å². The molecule has 0 N–H and O–H groups in total. The summed E-state index contributed by atoms with van der Waals surface area (Å²) >= 11 is 0. The van der Waals surface area contributed by atoms with E-state index in [2.05, 4.69) is 6.92 Å². The normalized spacial score (nSPS) is 44.8. The first-order chi connectivity index (χ1) is 5.83. The van der Waals surface area contributed by atoms with Crippen molar-refractivity contribution in [3.63, 3.8) is 0 Å². The van der Waals surface area contributed by atoms with Gasteiger partial charge in [-0.3, -0.25) is 0 Å². The minimum atomic E-state index is -0.237. The number of ether oxygens (including phenoxy) is 1. The van der Waals surface area contributed by atoms with E-state index in [4.69, 9.17) is 4.74 Å². The smallest absolute Gasteiger partial charge is 0.0981 e. The molecule has 1 fully saturated rings. The van der Waals surface area contributed by atoms with E-state index in [0.29, 0.717) is 12.5 Å². The molecular weight excluding hydrogens is 166 g/mol. The van der Waals surface area contributed by atoms with E-state index < -0.39 is 0 Å². The molecule has 0 spiro atoms. The summed E-state index contributed by atoms with van der Waals surface area (Å²) in [5, 5.41) is 12.1. The Hall–Kier alpha value is -0.120. The summed E-state index contributed by atoms with van der Waals surface area (Å²) in [6, 6.07) is 0. The molecule has 78 valence electrons. The Balaban J connectivity index is 2.86. The molecule has 1 saturated heterocycles. The van der Waals surface area contributed by atoms with Crippen molar-refractivity contribution in [3.05, 3.63) is 5.21 Å². The highest BCUT2D eigenvalue weighted by atomic mass is 16.6. The van der Waals surface area contributed by atoms with Crippen molar-refractivity contribution in [1.82, 2.24) is 0 Å². The Bertz CT molecular complexity index is 189. The molecule has 0 aromatic heterocycles. The van der Waals surface area contributed by atoms with Crippen molar-refractivity contribution in [2.75, 3.05) is 20.7 Å². The Kier molecular flexibility index (Phi) is 2.72. The van der Waals surface area contributed by atoms with Crippen LogP contribution < -0.4 is 0 Å². The predicted octanol–water partition coefficient (Wildman–Crippen LogP) is 1.76. The van der Waals surface area contributed by atoms with E-state index >= 15 is 0 Å². The maximum atomic E-state index is 12.1. The van der Waals surface area contributed by atoms with Crippen molar-refractivity contribution >= 4 is 0 Å². The highest BCUT2D eigenvalue weighted by molar-refractivity contribution is 4.87. The van der Waals surface area contributed by atoms with Crippen LogP contribution in [0.25, 0.3) is 0 Å². The number of hydroxylamine groups is 3. The molecule has 1 rings (SSSR count). The van der Waals surface area contributed by atoms with Gasteiger partial charge in [-0.05, 0) is 13.8 Å². The van der Waals surface area contributed by atoms with E-state index in [1.54, 1.807) is 14.2 Å². The lowest BCUT2D eigenvalue weighted by atomic mass is 9.78. The van der Waals surface area contributed by atoms with Gasteiger partial charge in [0.1, 0.15) is 0 Å². The topological polar surface area (TPSA) is 32.3 Å². The Morgan fingerprint density at radius 3 is 2.46 bits per heavy atom. The van der Waals surface area contributed by atoms with Crippen LogP contribution in [0.15, 0.2) is 0 Å². The maximum Gasteiger partial charge on any atom is 0.0981 e. The molecule has 0 amide bonds. The van der Waals surface area contributed by atoms with Crippen LogP contribution in [-0.4, -0.2) is 37.0 Å². The third-order valence-corrected chi connectivity index (χ3v) is 4.03. The monoisotopic (exact) mass is 187 g/mol. The molecule has 3 heteroatoms. The number of nitrogens with zero attached hydrogens (tertiary/aromatic N) is 1. The first-order valence-corrected chi connectivity index (χ1v) is 4.92. The molecule has 0 bridgehead atoms. The summed E-state index contributed by atoms with van der Waals surface area (Å²) in [4.78, 5) is 0. The van der Waals surface area contributed by atoms with Crippen LogP contribution in [0.3, 0.4) is 0 Å². The van der Waals surface area contributed by atoms with Crippen molar-refractivity contribution < 1.29 is 9.38 Å². The van der Waals surface area contributed by atoms with Crippen LogP contribution in [0, 0.1) is 11.1 Å². The van der Waals surface area contributed by atoms with Crippen molar-refractivity contribution in [2.24, 2.45) is 5.92 Å². The summed E-state index contributed by atoms with van der Waals surface area (Å²) in [6.07, 6.45) is 1.12. The molecule has 13 heavy (non-hydrogen) atoms. The molecule has 1 aliphatic rings. The standard InChI is InChI=1S/C10H21NO2/c1-8-9(13-5)6-7-11(4,12)10(8,2)3/h8-9H,6-7H2,1-5H3. The number of rotatable bonds is 1. The van der Waals surface area contributed by atoms with Crippen LogP contribution in [0.2, 0.25) is 0 Å². The number of piperidine rings is 1. The fourth-order valence-corrected chi connectivity index (χ4v) is 2.12. The second-order valence-corrected chi connectivity index (χ2v) is 4.83. The average molecular weight is 187 g/mol. The highest BCUT2D eigenvalue weighted by Crippen LogP contribution is 2.38. The summed E-state index contributed by atoms with van der Waals surface area (Å²) in [7, 11) is 3.50. The molecule has 3 atom stereocenters. The van der Waals surface area contributed by atoms with E-state index in [-0.39, 0.29) is 16.3 Å². The number of hydrogen-bond donors (Lipinski definition) is 0. The number of quaternary nitrogens is 1. The third-order valence-electron chi connectivity index (χ3n) is 4.03. The lowest BCUT2D eigenvalue weighted by molar-refractivity contribution is -0.922. The fourth-order valence-electron chi connectivity index (χ4n) is 2.12. The van der Waals surface area contributed by atoms with Crippen LogP contribution in [0.4, 0.5) is 0 Å². The molecule has 3 unspecified atom stereocenters. The Morgan fingerprint density at radius 1 is 1.46 bits per heavy atom. The number of hydrogen-bond acceptors (Lipinski definition) is 2. The van der Waals surface area contributed by atoms with Gasteiger partial charge in [0.25, 0.3) is 0 Å². The molecule has 0 aromatic rings. The van der Waals surface area contributed by atoms with Crippen LogP contribution in [0.5, 0.6) is 0 Å². The zero-order valence-corrected chi connectivity index (χ0v) is 9.33. The van der Waals surface area contributed by atoms with E-state index in [1.807, 2.05) is 13.8 Å². The van der Waals surface area contributed by atoms with Gasteiger partial charge in [-0.15, -0.1) is 0 Å². The molecule has 1 aliphatic heterocycles.